The van der Waals surface area contributed by atoms with Crippen molar-refractivity contribution < 1.29 is 4.79 Å². The third kappa shape index (κ3) is 3.45. The van der Waals surface area contributed by atoms with Crippen molar-refractivity contribution in [1.82, 2.24) is 5.32 Å². The number of benzene rings is 2. The minimum Gasteiger partial charge on any atom is -0.355 e. The first-order chi connectivity index (χ1) is 9.70. The molecule has 0 heterocycles. The molecule has 0 fully saturated rings. The van der Waals surface area contributed by atoms with E-state index in [4.69, 9.17) is 0 Å². The van der Waals surface area contributed by atoms with Crippen LogP contribution in [0.25, 0.3) is 11.6 Å². The molecule has 20 heavy (non-hydrogen) atoms. The van der Waals surface area contributed by atoms with Crippen LogP contribution in [0.4, 0.5) is 0 Å². The van der Waals surface area contributed by atoms with Crippen molar-refractivity contribution in [3.05, 3.63) is 83.9 Å². The first-order valence-electron chi connectivity index (χ1n) is 6.45. The van der Waals surface area contributed by atoms with Crippen molar-refractivity contribution in [2.45, 2.75) is 0 Å². The molecule has 2 heteroatoms. The molecular weight excluding hydrogens is 246 g/mol. The third-order valence-electron chi connectivity index (χ3n) is 3.02. The molecule has 100 valence electrons. The second-order valence-corrected chi connectivity index (χ2v) is 4.43. The minimum absolute atomic E-state index is 0.0815. The Morgan fingerprint density at radius 2 is 1.60 bits per heavy atom. The molecule has 1 amide bonds. The molecule has 0 unspecified atom stereocenters. The molecule has 1 N–H and O–H groups in total. The van der Waals surface area contributed by atoms with Gasteiger partial charge in [-0.05, 0) is 28.8 Å². The Labute approximate surface area is 119 Å². The lowest BCUT2D eigenvalue weighted by atomic mass is 10.0. The van der Waals surface area contributed by atoms with Gasteiger partial charge in [0, 0.05) is 12.6 Å². The van der Waals surface area contributed by atoms with Gasteiger partial charge < -0.3 is 5.32 Å². The lowest BCUT2D eigenvalue weighted by Gasteiger charge is -2.03. The fourth-order valence-electron chi connectivity index (χ4n) is 1.84. The number of carbonyl (C=O) groups excluding carboxylic acids is 1. The molecule has 2 aromatic carbocycles. The van der Waals surface area contributed by atoms with Crippen LogP contribution in [-0.2, 0) is 0 Å². The van der Waals surface area contributed by atoms with Crippen LogP contribution in [0.15, 0.2) is 67.3 Å². The number of allylic oxidation sites excluding steroid dienone is 2. The van der Waals surface area contributed by atoms with Gasteiger partial charge in [-0.3, -0.25) is 4.79 Å². The van der Waals surface area contributed by atoms with Crippen LogP contribution in [-0.4, -0.2) is 13.0 Å². The topological polar surface area (TPSA) is 29.1 Å². The summed E-state index contributed by atoms with van der Waals surface area (Å²) in [7, 11) is 1.62. The van der Waals surface area contributed by atoms with Gasteiger partial charge in [0.05, 0.1) is 0 Å². The van der Waals surface area contributed by atoms with Gasteiger partial charge in [0.1, 0.15) is 0 Å². The van der Waals surface area contributed by atoms with Crippen LogP contribution in [0.1, 0.15) is 21.5 Å². The van der Waals surface area contributed by atoms with Gasteiger partial charge in [-0.25, -0.2) is 0 Å². The molecule has 0 saturated heterocycles. The molecule has 0 aliphatic heterocycles. The number of nitrogens with one attached hydrogen (secondary N) is 1. The highest BCUT2D eigenvalue weighted by atomic mass is 16.1. The first kappa shape index (κ1) is 13.8. The molecule has 2 nitrogen and oxygen atoms in total. The summed E-state index contributed by atoms with van der Waals surface area (Å²) in [4.78, 5) is 11.5. The molecule has 0 radical (unpaired) electrons. The molecule has 0 saturated carbocycles. The summed E-state index contributed by atoms with van der Waals surface area (Å²) in [6.45, 7) is 4.05. The van der Waals surface area contributed by atoms with Crippen LogP contribution in [0.3, 0.4) is 0 Å². The standard InChI is InChI=1S/C18H17NO/c1-14(8-9-15-6-4-3-5-7-15)16-10-12-17(13-11-16)18(20)19-2/h3-13H,1H2,2H3,(H,19,20)/b9-8+. The average Bonchev–Trinajstić information content (AvgIpc) is 2.53. The number of hydrogen-bond acceptors (Lipinski definition) is 1. The lowest BCUT2D eigenvalue weighted by Crippen LogP contribution is -2.17. The van der Waals surface area contributed by atoms with Gasteiger partial charge in [0.25, 0.3) is 5.91 Å². The molecular formula is C18H17NO. The fraction of sp³-hybridized carbons (Fsp3) is 0.0556. The van der Waals surface area contributed by atoms with E-state index in [1.165, 1.54) is 0 Å². The third-order valence-corrected chi connectivity index (χ3v) is 3.02. The molecule has 0 atom stereocenters. The Kier molecular flexibility index (Phi) is 4.51. The Bertz CT molecular complexity index is 624. The smallest absolute Gasteiger partial charge is 0.251 e. The van der Waals surface area contributed by atoms with Gasteiger partial charge >= 0.3 is 0 Å². The van der Waals surface area contributed by atoms with E-state index >= 15 is 0 Å². The first-order valence-corrected chi connectivity index (χ1v) is 6.45. The summed E-state index contributed by atoms with van der Waals surface area (Å²) < 4.78 is 0. The number of carbonyl (C=O) groups is 1. The molecule has 0 bridgehead atoms. The molecule has 0 spiro atoms. The predicted molar refractivity (Wildman–Crippen MR) is 84.3 cm³/mol. The molecule has 0 aromatic heterocycles. The Morgan fingerprint density at radius 1 is 1.00 bits per heavy atom. The Morgan fingerprint density at radius 3 is 2.20 bits per heavy atom. The quantitative estimate of drug-likeness (QED) is 0.836. The maximum Gasteiger partial charge on any atom is 0.251 e. The number of amides is 1. The predicted octanol–water partition coefficient (Wildman–Crippen LogP) is 3.77. The van der Waals surface area contributed by atoms with Gasteiger partial charge in [-0.1, -0.05) is 61.2 Å². The summed E-state index contributed by atoms with van der Waals surface area (Å²) >= 11 is 0. The molecule has 0 aliphatic rings. The zero-order chi connectivity index (χ0) is 14.4. The van der Waals surface area contributed by atoms with E-state index in [1.807, 2.05) is 54.6 Å². The molecule has 2 rings (SSSR count). The van der Waals surface area contributed by atoms with Crippen LogP contribution in [0.2, 0.25) is 0 Å². The summed E-state index contributed by atoms with van der Waals surface area (Å²) in [5.41, 5.74) is 3.70. The summed E-state index contributed by atoms with van der Waals surface area (Å²) in [5.74, 6) is -0.0815. The normalized spacial score (nSPS) is 10.4. The van der Waals surface area contributed by atoms with Gasteiger partial charge in [0.15, 0.2) is 0 Å². The van der Waals surface area contributed by atoms with E-state index < -0.39 is 0 Å². The summed E-state index contributed by atoms with van der Waals surface area (Å²) in [6.07, 6.45) is 4.00. The second-order valence-electron chi connectivity index (χ2n) is 4.43. The van der Waals surface area contributed by atoms with Crippen LogP contribution in [0.5, 0.6) is 0 Å². The van der Waals surface area contributed by atoms with E-state index in [2.05, 4.69) is 11.9 Å². The van der Waals surface area contributed by atoms with E-state index in [-0.39, 0.29) is 5.91 Å². The van der Waals surface area contributed by atoms with E-state index in [0.29, 0.717) is 5.56 Å². The number of rotatable bonds is 4. The van der Waals surface area contributed by atoms with Crippen LogP contribution < -0.4 is 5.32 Å². The van der Waals surface area contributed by atoms with Crippen molar-refractivity contribution in [3.63, 3.8) is 0 Å². The van der Waals surface area contributed by atoms with Crippen molar-refractivity contribution in [1.29, 1.82) is 0 Å². The maximum absolute atomic E-state index is 11.5. The minimum atomic E-state index is -0.0815. The zero-order valence-electron chi connectivity index (χ0n) is 11.5. The van der Waals surface area contributed by atoms with Crippen molar-refractivity contribution in [2.24, 2.45) is 0 Å². The van der Waals surface area contributed by atoms with Crippen molar-refractivity contribution >= 4 is 17.6 Å². The van der Waals surface area contributed by atoms with E-state index in [0.717, 1.165) is 16.7 Å². The van der Waals surface area contributed by atoms with Crippen molar-refractivity contribution in [3.8, 4) is 0 Å². The highest BCUT2D eigenvalue weighted by Gasteiger charge is 2.02. The van der Waals surface area contributed by atoms with E-state index in [1.54, 1.807) is 19.2 Å². The summed E-state index contributed by atoms with van der Waals surface area (Å²) in [6, 6.07) is 17.5. The highest BCUT2D eigenvalue weighted by molar-refractivity contribution is 5.94. The zero-order valence-corrected chi connectivity index (χ0v) is 11.5. The maximum atomic E-state index is 11.5. The lowest BCUT2D eigenvalue weighted by molar-refractivity contribution is 0.0963. The Balaban J connectivity index is 2.10. The average molecular weight is 263 g/mol. The Hall–Kier alpha value is -2.61. The van der Waals surface area contributed by atoms with Crippen LogP contribution >= 0.6 is 0 Å². The number of hydrogen-bond donors (Lipinski definition) is 1. The molecule has 2 aromatic rings. The van der Waals surface area contributed by atoms with Gasteiger partial charge in [-0.15, -0.1) is 0 Å². The SMILES string of the molecule is C=C(/C=C/c1ccccc1)c1ccc(C(=O)NC)cc1. The second kappa shape index (κ2) is 6.53. The van der Waals surface area contributed by atoms with Gasteiger partial charge in [0.2, 0.25) is 0 Å². The highest BCUT2D eigenvalue weighted by Crippen LogP contribution is 2.16. The monoisotopic (exact) mass is 263 g/mol. The van der Waals surface area contributed by atoms with Crippen LogP contribution in [0, 0.1) is 0 Å². The fourth-order valence-corrected chi connectivity index (χ4v) is 1.84. The molecule has 0 aliphatic carbocycles. The van der Waals surface area contributed by atoms with Crippen molar-refractivity contribution in [2.75, 3.05) is 7.05 Å². The van der Waals surface area contributed by atoms with E-state index in [9.17, 15) is 4.79 Å². The van der Waals surface area contributed by atoms with Gasteiger partial charge in [-0.2, -0.15) is 0 Å². The summed E-state index contributed by atoms with van der Waals surface area (Å²) in [5, 5.41) is 2.60. The largest absolute Gasteiger partial charge is 0.355 e.